The van der Waals surface area contributed by atoms with Crippen LogP contribution in [0.25, 0.3) is 10.6 Å². The predicted octanol–water partition coefficient (Wildman–Crippen LogP) is 3.87. The molecule has 0 aliphatic carbocycles. The highest BCUT2D eigenvalue weighted by Gasteiger charge is 2.32. The Hall–Kier alpha value is -1.79. The van der Waals surface area contributed by atoms with E-state index >= 15 is 0 Å². The molecule has 2 aromatic rings. The number of rotatable bonds is 5. The normalized spacial score (nSPS) is 23.0. The van der Waals surface area contributed by atoms with Gasteiger partial charge in [-0.3, -0.25) is 4.79 Å². The highest BCUT2D eigenvalue weighted by atomic mass is 32.1. The largest absolute Gasteiger partial charge is 0.355 e. The van der Waals surface area contributed by atoms with Crippen LogP contribution in [0.15, 0.2) is 29.6 Å². The van der Waals surface area contributed by atoms with E-state index in [1.807, 2.05) is 5.38 Å². The maximum absolute atomic E-state index is 13.0. The molecule has 144 valence electrons. The molecule has 1 aromatic carbocycles. The zero-order valence-electron chi connectivity index (χ0n) is 15.5. The number of carbonyl (C=O) groups excluding carboxylic acids is 1. The number of hydrogen-bond donors (Lipinski definition) is 1. The van der Waals surface area contributed by atoms with Crippen molar-refractivity contribution in [3.63, 3.8) is 0 Å². The second-order valence-corrected chi connectivity index (χ2v) is 8.49. The third-order valence-corrected chi connectivity index (χ3v) is 6.71. The Bertz CT molecular complexity index is 774. The summed E-state index contributed by atoms with van der Waals surface area (Å²) in [6, 6.07) is 6.95. The van der Waals surface area contributed by atoms with Crippen LogP contribution < -0.4 is 5.32 Å². The van der Waals surface area contributed by atoms with Gasteiger partial charge in [-0.25, -0.2) is 9.37 Å². The van der Waals surface area contributed by atoms with Crippen LogP contribution in [0.5, 0.6) is 0 Å². The molecular weight excluding hydrogens is 361 g/mol. The Labute approximate surface area is 163 Å². The molecule has 3 heterocycles. The van der Waals surface area contributed by atoms with E-state index in [0.29, 0.717) is 18.4 Å². The SMILES string of the molecule is O=C(Cc1csc(-c2ccc(F)cc2)n1)NC[C@@H]1CCCN2CCCC[C@H]12. The van der Waals surface area contributed by atoms with Gasteiger partial charge in [0.05, 0.1) is 12.1 Å². The number of benzene rings is 1. The van der Waals surface area contributed by atoms with Gasteiger partial charge < -0.3 is 10.2 Å². The molecular formula is C21H26FN3OS. The maximum Gasteiger partial charge on any atom is 0.226 e. The van der Waals surface area contributed by atoms with Crippen molar-refractivity contribution < 1.29 is 9.18 Å². The van der Waals surface area contributed by atoms with Gasteiger partial charge in [0.1, 0.15) is 10.8 Å². The van der Waals surface area contributed by atoms with Gasteiger partial charge in [0.15, 0.2) is 0 Å². The van der Waals surface area contributed by atoms with Crippen LogP contribution >= 0.6 is 11.3 Å². The molecule has 0 unspecified atom stereocenters. The quantitative estimate of drug-likeness (QED) is 0.847. The summed E-state index contributed by atoms with van der Waals surface area (Å²) in [6.07, 6.45) is 6.66. The van der Waals surface area contributed by atoms with Gasteiger partial charge >= 0.3 is 0 Å². The molecule has 2 atom stereocenters. The van der Waals surface area contributed by atoms with Gasteiger partial charge in [0, 0.05) is 23.5 Å². The summed E-state index contributed by atoms with van der Waals surface area (Å²) < 4.78 is 13.0. The first-order valence-electron chi connectivity index (χ1n) is 9.90. The first kappa shape index (κ1) is 18.6. The molecule has 2 fully saturated rings. The van der Waals surface area contributed by atoms with E-state index in [1.54, 1.807) is 12.1 Å². The van der Waals surface area contributed by atoms with Crippen molar-refractivity contribution >= 4 is 17.2 Å². The lowest BCUT2D eigenvalue weighted by atomic mass is 9.83. The number of halogens is 1. The molecule has 0 bridgehead atoms. The molecule has 27 heavy (non-hydrogen) atoms. The van der Waals surface area contributed by atoms with Crippen LogP contribution in [-0.2, 0) is 11.2 Å². The number of thiazole rings is 1. The lowest BCUT2D eigenvalue weighted by Crippen LogP contribution is -2.51. The fourth-order valence-corrected chi connectivity index (χ4v) is 5.23. The summed E-state index contributed by atoms with van der Waals surface area (Å²) in [4.78, 5) is 19.6. The topological polar surface area (TPSA) is 45.2 Å². The lowest BCUT2D eigenvalue weighted by Gasteiger charge is -2.44. The van der Waals surface area contributed by atoms with E-state index in [0.717, 1.165) is 22.8 Å². The standard InChI is InChI=1S/C21H26FN3OS/c22-17-8-6-15(7-9-17)21-24-18(14-27-21)12-20(26)23-13-16-4-3-11-25-10-2-1-5-19(16)25/h6-9,14,16,19H,1-5,10-13H2,(H,23,26)/t16-,19+/m0/s1. The van der Waals surface area contributed by atoms with Crippen LogP contribution in [0.3, 0.4) is 0 Å². The minimum Gasteiger partial charge on any atom is -0.355 e. The van der Waals surface area contributed by atoms with E-state index < -0.39 is 0 Å². The van der Waals surface area contributed by atoms with Crippen molar-refractivity contribution in [2.75, 3.05) is 19.6 Å². The number of piperidine rings is 2. The molecule has 6 heteroatoms. The van der Waals surface area contributed by atoms with Crippen molar-refractivity contribution in [3.8, 4) is 10.6 Å². The van der Waals surface area contributed by atoms with Crippen molar-refractivity contribution in [1.82, 2.24) is 15.2 Å². The molecule has 1 amide bonds. The van der Waals surface area contributed by atoms with Gasteiger partial charge in [0.25, 0.3) is 0 Å². The van der Waals surface area contributed by atoms with Crippen LogP contribution in [0.2, 0.25) is 0 Å². The number of amides is 1. The van der Waals surface area contributed by atoms with Crippen molar-refractivity contribution in [3.05, 3.63) is 41.2 Å². The second kappa shape index (κ2) is 8.48. The Balaban J connectivity index is 1.30. The minimum atomic E-state index is -0.255. The van der Waals surface area contributed by atoms with E-state index in [-0.39, 0.29) is 11.7 Å². The van der Waals surface area contributed by atoms with Crippen LogP contribution in [0.4, 0.5) is 4.39 Å². The first-order valence-corrected chi connectivity index (χ1v) is 10.8. The molecule has 0 radical (unpaired) electrons. The number of aromatic nitrogens is 1. The average molecular weight is 388 g/mol. The summed E-state index contributed by atoms with van der Waals surface area (Å²) in [5, 5.41) is 5.88. The van der Waals surface area contributed by atoms with Gasteiger partial charge in [0.2, 0.25) is 5.91 Å². The molecule has 1 aromatic heterocycles. The monoisotopic (exact) mass is 387 g/mol. The van der Waals surface area contributed by atoms with Gasteiger partial charge in [-0.05, 0) is 69.0 Å². The number of nitrogens with zero attached hydrogens (tertiary/aromatic N) is 2. The molecule has 4 nitrogen and oxygen atoms in total. The smallest absolute Gasteiger partial charge is 0.226 e. The molecule has 1 N–H and O–H groups in total. The molecule has 2 saturated heterocycles. The van der Waals surface area contributed by atoms with Crippen LogP contribution in [0, 0.1) is 11.7 Å². The zero-order valence-corrected chi connectivity index (χ0v) is 16.3. The van der Waals surface area contributed by atoms with Crippen LogP contribution in [-0.4, -0.2) is 41.5 Å². The second-order valence-electron chi connectivity index (χ2n) is 7.63. The highest BCUT2D eigenvalue weighted by Crippen LogP contribution is 2.30. The highest BCUT2D eigenvalue weighted by molar-refractivity contribution is 7.13. The van der Waals surface area contributed by atoms with Crippen molar-refractivity contribution in [2.45, 2.75) is 44.6 Å². The lowest BCUT2D eigenvalue weighted by molar-refractivity contribution is -0.120. The molecule has 4 rings (SSSR count). The predicted molar refractivity (Wildman–Crippen MR) is 106 cm³/mol. The summed E-state index contributed by atoms with van der Waals surface area (Å²) >= 11 is 1.49. The summed E-state index contributed by atoms with van der Waals surface area (Å²) in [5.74, 6) is 0.362. The third kappa shape index (κ3) is 4.55. The van der Waals surface area contributed by atoms with E-state index in [2.05, 4.69) is 15.2 Å². The number of nitrogens with one attached hydrogen (secondary N) is 1. The molecule has 0 spiro atoms. The molecule has 0 saturated carbocycles. The summed E-state index contributed by atoms with van der Waals surface area (Å²) in [7, 11) is 0. The maximum atomic E-state index is 13.0. The number of fused-ring (bicyclic) bond motifs is 1. The third-order valence-electron chi connectivity index (χ3n) is 5.77. The Morgan fingerprint density at radius 3 is 2.85 bits per heavy atom. The fraction of sp³-hybridized carbons (Fsp3) is 0.524. The fourth-order valence-electron chi connectivity index (χ4n) is 4.40. The van der Waals surface area contributed by atoms with Crippen molar-refractivity contribution in [2.24, 2.45) is 5.92 Å². The van der Waals surface area contributed by atoms with Gasteiger partial charge in [-0.2, -0.15) is 0 Å². The van der Waals surface area contributed by atoms with Crippen molar-refractivity contribution in [1.29, 1.82) is 0 Å². The summed E-state index contributed by atoms with van der Waals surface area (Å²) in [6.45, 7) is 3.22. The van der Waals surface area contributed by atoms with Gasteiger partial charge in [-0.1, -0.05) is 6.42 Å². The van der Waals surface area contributed by atoms with E-state index in [9.17, 15) is 9.18 Å². The van der Waals surface area contributed by atoms with E-state index in [1.165, 1.54) is 68.7 Å². The summed E-state index contributed by atoms with van der Waals surface area (Å²) in [5.41, 5.74) is 1.66. The van der Waals surface area contributed by atoms with Gasteiger partial charge in [-0.15, -0.1) is 11.3 Å². The van der Waals surface area contributed by atoms with Crippen LogP contribution in [0.1, 0.15) is 37.8 Å². The Morgan fingerprint density at radius 2 is 2.00 bits per heavy atom. The Kier molecular flexibility index (Phi) is 5.83. The molecule has 2 aliphatic heterocycles. The zero-order chi connectivity index (χ0) is 18.6. The number of carbonyl (C=O) groups is 1. The Morgan fingerprint density at radius 1 is 1.19 bits per heavy atom. The molecule has 2 aliphatic rings. The first-order chi connectivity index (χ1) is 13.2. The average Bonchev–Trinajstić information content (AvgIpc) is 3.15. The number of hydrogen-bond acceptors (Lipinski definition) is 4. The minimum absolute atomic E-state index is 0.0406. The van der Waals surface area contributed by atoms with E-state index in [4.69, 9.17) is 0 Å².